The molecule has 0 fully saturated rings. The topological polar surface area (TPSA) is 65.7 Å². The number of urea groups is 1. The van der Waals surface area contributed by atoms with Gasteiger partial charge in [0.05, 0.1) is 19.4 Å². The minimum atomic E-state index is -0.226. The average Bonchev–Trinajstić information content (AvgIpc) is 3.05. The highest BCUT2D eigenvalue weighted by Crippen LogP contribution is 2.17. The molecule has 2 rings (SSSR count). The van der Waals surface area contributed by atoms with E-state index in [2.05, 4.69) is 5.32 Å². The molecule has 6 heteroatoms. The molecule has 0 bridgehead atoms. The van der Waals surface area contributed by atoms with Crippen molar-refractivity contribution in [2.24, 2.45) is 0 Å². The van der Waals surface area contributed by atoms with Crippen LogP contribution in [-0.2, 0) is 6.54 Å². The third kappa shape index (κ3) is 5.30. The first-order valence-electron chi connectivity index (χ1n) is 7.51. The van der Waals surface area contributed by atoms with Crippen LogP contribution in [0.3, 0.4) is 0 Å². The molecule has 0 aliphatic heterocycles. The highest BCUT2D eigenvalue weighted by Gasteiger charge is 2.16. The molecular formula is C17H21ClN2O3. The minimum absolute atomic E-state index is 0.0964. The van der Waals surface area contributed by atoms with Crippen LogP contribution in [0.2, 0.25) is 5.02 Å². The molecule has 0 saturated heterocycles. The summed E-state index contributed by atoms with van der Waals surface area (Å²) in [6.45, 7) is 3.02. The van der Waals surface area contributed by atoms with Crippen molar-refractivity contribution in [3.05, 3.63) is 59.0 Å². The number of nitrogens with zero attached hydrogens (tertiary/aromatic N) is 1. The number of benzene rings is 1. The molecule has 0 unspecified atom stereocenters. The molecule has 0 radical (unpaired) electrons. The average molecular weight is 337 g/mol. The molecule has 2 N–H and O–H groups in total. The fourth-order valence-corrected chi connectivity index (χ4v) is 2.35. The Balaban J connectivity index is 1.89. The molecule has 1 aromatic carbocycles. The van der Waals surface area contributed by atoms with Gasteiger partial charge in [-0.15, -0.1) is 0 Å². The van der Waals surface area contributed by atoms with Crippen molar-refractivity contribution in [3.63, 3.8) is 0 Å². The zero-order valence-corrected chi connectivity index (χ0v) is 13.8. The Hall–Kier alpha value is -1.98. The molecule has 0 spiro atoms. The van der Waals surface area contributed by atoms with E-state index in [-0.39, 0.29) is 25.1 Å². The lowest BCUT2D eigenvalue weighted by Gasteiger charge is -2.22. The van der Waals surface area contributed by atoms with Crippen molar-refractivity contribution in [1.29, 1.82) is 0 Å². The van der Waals surface area contributed by atoms with Crippen LogP contribution >= 0.6 is 11.6 Å². The first kappa shape index (κ1) is 17.4. The Labute approximate surface area is 140 Å². The summed E-state index contributed by atoms with van der Waals surface area (Å²) in [7, 11) is 0. The van der Waals surface area contributed by atoms with Crippen LogP contribution in [0.25, 0.3) is 0 Å². The predicted octanol–water partition coefficient (Wildman–Crippen LogP) is 3.24. The summed E-state index contributed by atoms with van der Waals surface area (Å²) in [4.78, 5) is 13.8. The van der Waals surface area contributed by atoms with Gasteiger partial charge >= 0.3 is 6.03 Å². The molecule has 1 heterocycles. The summed E-state index contributed by atoms with van der Waals surface area (Å²) in [5, 5.41) is 12.7. The fourth-order valence-electron chi connectivity index (χ4n) is 2.23. The molecule has 0 aliphatic rings. The number of nitrogens with one attached hydrogen (secondary N) is 1. The van der Waals surface area contributed by atoms with E-state index < -0.39 is 0 Å². The third-order valence-electron chi connectivity index (χ3n) is 3.58. The summed E-state index contributed by atoms with van der Waals surface area (Å²) < 4.78 is 5.25. The van der Waals surface area contributed by atoms with Gasteiger partial charge < -0.3 is 19.7 Å². The van der Waals surface area contributed by atoms with Crippen LogP contribution in [0.15, 0.2) is 47.1 Å². The molecule has 124 valence electrons. The van der Waals surface area contributed by atoms with E-state index >= 15 is 0 Å². The number of hydrogen-bond acceptors (Lipinski definition) is 3. The number of halogens is 1. The number of carbonyl (C=O) groups excluding carboxylic acids is 1. The second kappa shape index (κ2) is 8.60. The monoisotopic (exact) mass is 336 g/mol. The highest BCUT2D eigenvalue weighted by atomic mass is 35.5. The Morgan fingerprint density at radius 1 is 1.35 bits per heavy atom. The van der Waals surface area contributed by atoms with Gasteiger partial charge in [0.15, 0.2) is 0 Å². The van der Waals surface area contributed by atoms with Crippen LogP contribution in [-0.4, -0.2) is 35.7 Å². The Bertz CT molecular complexity index is 599. The van der Waals surface area contributed by atoms with E-state index in [1.165, 1.54) is 4.90 Å². The second-order valence-corrected chi connectivity index (χ2v) is 5.80. The number of amides is 2. The van der Waals surface area contributed by atoms with Crippen molar-refractivity contribution >= 4 is 17.6 Å². The predicted molar refractivity (Wildman–Crippen MR) is 89.5 cm³/mol. The second-order valence-electron chi connectivity index (χ2n) is 5.36. The largest absolute Gasteiger partial charge is 0.467 e. The Kier molecular flexibility index (Phi) is 6.50. The lowest BCUT2D eigenvalue weighted by molar-refractivity contribution is 0.169. The quantitative estimate of drug-likeness (QED) is 0.815. The van der Waals surface area contributed by atoms with Gasteiger partial charge in [-0.3, -0.25) is 0 Å². The smallest absolute Gasteiger partial charge is 0.317 e. The number of furan rings is 1. The molecule has 0 saturated carbocycles. The molecule has 2 amide bonds. The van der Waals surface area contributed by atoms with Crippen molar-refractivity contribution in [1.82, 2.24) is 10.2 Å². The van der Waals surface area contributed by atoms with Gasteiger partial charge in [-0.25, -0.2) is 4.79 Å². The van der Waals surface area contributed by atoms with Gasteiger partial charge in [-0.05, 0) is 35.7 Å². The van der Waals surface area contributed by atoms with Gasteiger partial charge in [0.1, 0.15) is 5.76 Å². The highest BCUT2D eigenvalue weighted by molar-refractivity contribution is 6.30. The zero-order valence-electron chi connectivity index (χ0n) is 13.0. The number of rotatable bonds is 7. The summed E-state index contributed by atoms with van der Waals surface area (Å²) in [6, 6.07) is 10.9. The number of aliphatic hydroxyl groups is 1. The van der Waals surface area contributed by atoms with Gasteiger partial charge in [-0.1, -0.05) is 30.7 Å². The maximum absolute atomic E-state index is 12.3. The van der Waals surface area contributed by atoms with E-state index in [4.69, 9.17) is 21.1 Å². The van der Waals surface area contributed by atoms with Gasteiger partial charge in [0.2, 0.25) is 0 Å². The van der Waals surface area contributed by atoms with E-state index in [0.29, 0.717) is 23.9 Å². The number of aliphatic hydroxyl groups excluding tert-OH is 1. The molecule has 5 nitrogen and oxygen atoms in total. The summed E-state index contributed by atoms with van der Waals surface area (Å²) >= 11 is 5.88. The molecule has 1 atom stereocenters. The Morgan fingerprint density at radius 2 is 2.09 bits per heavy atom. The number of carbonyl (C=O) groups is 1. The van der Waals surface area contributed by atoms with Crippen LogP contribution in [0.5, 0.6) is 0 Å². The normalized spacial score (nSPS) is 12.0. The molecule has 2 aromatic rings. The lowest BCUT2D eigenvalue weighted by atomic mass is 10.0. The maximum Gasteiger partial charge on any atom is 0.317 e. The van der Waals surface area contributed by atoms with Crippen molar-refractivity contribution in [3.8, 4) is 0 Å². The van der Waals surface area contributed by atoms with Gasteiger partial charge in [0, 0.05) is 18.1 Å². The van der Waals surface area contributed by atoms with E-state index in [1.807, 2.05) is 31.2 Å². The van der Waals surface area contributed by atoms with Gasteiger partial charge in [0.25, 0.3) is 0 Å². The van der Waals surface area contributed by atoms with Crippen molar-refractivity contribution in [2.75, 3.05) is 19.7 Å². The van der Waals surface area contributed by atoms with Crippen molar-refractivity contribution < 1.29 is 14.3 Å². The zero-order chi connectivity index (χ0) is 16.7. The molecular weight excluding hydrogens is 316 g/mol. The van der Waals surface area contributed by atoms with Crippen LogP contribution in [0.1, 0.15) is 24.2 Å². The van der Waals surface area contributed by atoms with Crippen LogP contribution in [0.4, 0.5) is 4.79 Å². The van der Waals surface area contributed by atoms with Crippen LogP contribution < -0.4 is 5.32 Å². The molecule has 1 aromatic heterocycles. The molecule has 23 heavy (non-hydrogen) atoms. The SMILES string of the molecule is C[C@H](CNC(=O)N(CCO)Cc1ccco1)c1ccc(Cl)cc1. The fraction of sp³-hybridized carbons (Fsp3) is 0.353. The Morgan fingerprint density at radius 3 is 2.70 bits per heavy atom. The first-order valence-corrected chi connectivity index (χ1v) is 7.89. The number of hydrogen-bond donors (Lipinski definition) is 2. The summed E-state index contributed by atoms with van der Waals surface area (Å²) in [5.74, 6) is 0.843. The minimum Gasteiger partial charge on any atom is -0.467 e. The maximum atomic E-state index is 12.3. The van der Waals surface area contributed by atoms with Gasteiger partial charge in [-0.2, -0.15) is 0 Å². The van der Waals surface area contributed by atoms with Crippen molar-refractivity contribution in [2.45, 2.75) is 19.4 Å². The summed E-state index contributed by atoms with van der Waals surface area (Å²) in [5.41, 5.74) is 1.11. The lowest BCUT2D eigenvalue weighted by Crippen LogP contribution is -2.42. The summed E-state index contributed by atoms with van der Waals surface area (Å²) in [6.07, 6.45) is 1.56. The standard InChI is InChI=1S/C17H21ClN2O3/c1-13(14-4-6-15(18)7-5-14)11-19-17(22)20(8-9-21)12-16-3-2-10-23-16/h2-7,10,13,21H,8-9,11-12H2,1H3,(H,19,22)/t13-/m1/s1. The van der Waals surface area contributed by atoms with E-state index in [1.54, 1.807) is 18.4 Å². The third-order valence-corrected chi connectivity index (χ3v) is 3.83. The van der Waals surface area contributed by atoms with E-state index in [9.17, 15) is 4.79 Å². The van der Waals surface area contributed by atoms with E-state index in [0.717, 1.165) is 5.56 Å². The van der Waals surface area contributed by atoms with Crippen LogP contribution in [0, 0.1) is 0 Å². The first-order chi connectivity index (χ1) is 11.1. The molecule has 0 aliphatic carbocycles.